The second-order valence-corrected chi connectivity index (χ2v) is 30.1. The molecule has 0 aliphatic heterocycles. The van der Waals surface area contributed by atoms with Crippen molar-refractivity contribution in [1.82, 2.24) is 0 Å². The van der Waals surface area contributed by atoms with Gasteiger partial charge in [0.25, 0.3) is 0 Å². The Hall–Kier alpha value is -2.59. The van der Waals surface area contributed by atoms with Crippen molar-refractivity contribution in [3.05, 3.63) is 34.9 Å². The van der Waals surface area contributed by atoms with Crippen LogP contribution in [0.4, 0.5) is 0 Å². The lowest BCUT2D eigenvalue weighted by Crippen LogP contribution is -2.58. The Kier molecular flexibility index (Phi) is 13.7. The molecule has 12 aliphatic rings. The van der Waals surface area contributed by atoms with Crippen molar-refractivity contribution in [3.63, 3.8) is 0 Å². The fourth-order valence-corrected chi connectivity index (χ4v) is 22.7. The fourth-order valence-electron chi connectivity index (χ4n) is 22.7. The predicted molar refractivity (Wildman–Crippen MR) is 287 cm³/mol. The highest BCUT2D eigenvalue weighted by molar-refractivity contribution is 5.94. The van der Waals surface area contributed by atoms with Crippen LogP contribution in [-0.4, -0.2) is 72.8 Å². The molecule has 9 saturated carbocycles. The van der Waals surface area contributed by atoms with Gasteiger partial charge in [0.15, 0.2) is 17.3 Å². The van der Waals surface area contributed by atoms with E-state index in [-0.39, 0.29) is 103 Å². The molecule has 9 fully saturated rings. The first-order valence-electron chi connectivity index (χ1n) is 30.0. The second kappa shape index (κ2) is 18.5. The Labute approximate surface area is 444 Å². The lowest BCUT2D eigenvalue weighted by Gasteiger charge is -2.60. The zero-order valence-corrected chi connectivity index (χ0v) is 47.5. The number of aliphatic hydroxyl groups is 4. The average molecular weight is 1020 g/mol. The van der Waals surface area contributed by atoms with E-state index in [1.54, 1.807) is 6.92 Å². The molecule has 0 radical (unpaired) electrons. The van der Waals surface area contributed by atoms with Gasteiger partial charge in [-0.2, -0.15) is 0 Å². The van der Waals surface area contributed by atoms with E-state index < -0.39 is 11.2 Å². The Morgan fingerprint density at radius 3 is 1.27 bits per heavy atom. The average Bonchev–Trinajstić information content (AvgIpc) is 3.97. The minimum Gasteiger partial charge on any atom is -0.393 e. The van der Waals surface area contributed by atoms with Crippen molar-refractivity contribution in [2.24, 2.45) is 104 Å². The van der Waals surface area contributed by atoms with Crippen LogP contribution in [0, 0.1) is 104 Å². The third kappa shape index (κ3) is 8.42. The van der Waals surface area contributed by atoms with Gasteiger partial charge >= 0.3 is 0 Å². The van der Waals surface area contributed by atoms with E-state index in [1.807, 2.05) is 45.9 Å². The number of hydrogen-bond acceptors (Lipinski definition) is 9. The summed E-state index contributed by atoms with van der Waals surface area (Å²) < 4.78 is 0. The van der Waals surface area contributed by atoms with Gasteiger partial charge in [-0.3, -0.25) is 24.0 Å². The molecule has 410 valence electrons. The lowest BCUT2D eigenvalue weighted by molar-refractivity contribution is -0.150. The van der Waals surface area contributed by atoms with Crippen molar-refractivity contribution in [2.45, 2.75) is 234 Å². The summed E-state index contributed by atoms with van der Waals surface area (Å²) in [4.78, 5) is 61.1. The third-order valence-electron chi connectivity index (χ3n) is 25.6. The monoisotopic (exact) mass is 1020 g/mol. The molecule has 0 aromatic heterocycles. The summed E-state index contributed by atoms with van der Waals surface area (Å²) in [5.41, 5.74) is 2.23. The largest absolute Gasteiger partial charge is 0.393 e. The molecule has 74 heavy (non-hydrogen) atoms. The van der Waals surface area contributed by atoms with E-state index >= 15 is 0 Å². The highest BCUT2D eigenvalue weighted by Gasteiger charge is 2.67. The molecule has 9 nitrogen and oxygen atoms in total. The van der Waals surface area contributed by atoms with Gasteiger partial charge in [-0.25, -0.2) is 0 Å². The van der Waals surface area contributed by atoms with E-state index in [9.17, 15) is 44.4 Å². The SMILES string of the molecule is CC(=O)[C@H]1CCC2C3CCC4=CC(=O)CC[C@]4(C)C3C(=O)C[C@@]21C.CC(C)(O)[C@H]1CCC2C3CCC4=CC(=O)CC[C@]4(C)C3[C@@H](O)C[C@@]21C.CC(C)(O)[C@H]1CCC2C3CCC4=CC(=O)CC[C@]4(C)C3[C@@H](O)C[C@@]21C. The summed E-state index contributed by atoms with van der Waals surface area (Å²) in [6.45, 7) is 23.1. The highest BCUT2D eigenvalue weighted by Crippen LogP contribution is 2.70. The van der Waals surface area contributed by atoms with Gasteiger partial charge in [0.2, 0.25) is 0 Å². The molecule has 0 saturated heterocycles. The van der Waals surface area contributed by atoms with Crippen LogP contribution in [0.25, 0.3) is 0 Å². The number of aliphatic hydroxyl groups excluding tert-OH is 2. The molecule has 9 heteroatoms. The molecular formula is C65H96O9. The number of fused-ring (bicyclic) bond motifs is 15. The molecule has 4 N–H and O–H groups in total. The summed E-state index contributed by atoms with van der Waals surface area (Å²) in [5.74, 6) is 5.70. The maximum absolute atomic E-state index is 13.3. The molecule has 0 amide bonds. The summed E-state index contributed by atoms with van der Waals surface area (Å²) >= 11 is 0. The minimum absolute atomic E-state index is 0.00953. The Bertz CT molecular complexity index is 2310. The maximum atomic E-state index is 13.3. The number of Topliss-reactive ketones (excluding diaryl/α,β-unsaturated/α-hetero) is 2. The van der Waals surface area contributed by atoms with Crippen LogP contribution in [0.2, 0.25) is 0 Å². The summed E-state index contributed by atoms with van der Waals surface area (Å²) in [5, 5.41) is 44.0. The molecular weight excluding hydrogens is 925 g/mol. The Morgan fingerprint density at radius 2 is 0.865 bits per heavy atom. The molecule has 0 aromatic rings. The topological polar surface area (TPSA) is 166 Å². The van der Waals surface area contributed by atoms with Crippen molar-refractivity contribution in [1.29, 1.82) is 0 Å². The first-order chi connectivity index (χ1) is 34.4. The first-order valence-corrected chi connectivity index (χ1v) is 30.0. The van der Waals surface area contributed by atoms with Gasteiger partial charge < -0.3 is 20.4 Å². The zero-order valence-electron chi connectivity index (χ0n) is 47.5. The van der Waals surface area contributed by atoms with Crippen LogP contribution in [0.15, 0.2) is 34.9 Å². The standard InChI is InChI=1S/2C22H34O3.C21H28O3/c2*1-20(2,25)18-8-7-16-15-6-5-13-11-14(23)9-10-21(13,3)19(15)17(24)12-22(16,18)4;1-12(22)16-6-7-17-15-5-4-13-10-14(23)8-9-20(13,2)19(15)18(24)11-21(16,17)3/h2*11,15-19,24-25H,5-10,12H2,1-4H3;10,15-17,19H,4-9,11H2,1-3H3/t2*15?,16?,17-,18+,19?,21-,22-;15?,16-,17?,19?,20+,21-/m001/s1. The van der Waals surface area contributed by atoms with Gasteiger partial charge in [0, 0.05) is 37.5 Å². The van der Waals surface area contributed by atoms with Crippen LogP contribution in [0.3, 0.4) is 0 Å². The molecule has 0 bridgehead atoms. The third-order valence-corrected chi connectivity index (χ3v) is 25.6. The molecule has 9 unspecified atom stereocenters. The van der Waals surface area contributed by atoms with Crippen molar-refractivity contribution in [3.8, 4) is 0 Å². The van der Waals surface area contributed by atoms with Crippen LogP contribution in [-0.2, 0) is 24.0 Å². The van der Waals surface area contributed by atoms with Crippen molar-refractivity contribution < 1.29 is 44.4 Å². The lowest BCUT2D eigenvalue weighted by atomic mass is 9.45. The first kappa shape index (κ1) is 54.8. The van der Waals surface area contributed by atoms with Crippen molar-refractivity contribution in [2.75, 3.05) is 0 Å². The minimum atomic E-state index is -0.684. The summed E-state index contributed by atoms with van der Waals surface area (Å²) in [6, 6.07) is 0. The zero-order chi connectivity index (χ0) is 53.7. The molecule has 12 rings (SSSR count). The fraction of sp³-hybridized carbons (Fsp3) is 0.831. The number of hydrogen-bond donors (Lipinski definition) is 4. The molecule has 0 heterocycles. The van der Waals surface area contributed by atoms with E-state index in [1.165, 1.54) is 29.6 Å². The molecule has 0 spiro atoms. The number of carbonyl (C=O) groups excluding carboxylic acids is 5. The van der Waals surface area contributed by atoms with Gasteiger partial charge in [0.05, 0.1) is 23.4 Å². The number of allylic oxidation sites excluding steroid dienone is 3. The van der Waals surface area contributed by atoms with Crippen molar-refractivity contribution >= 4 is 28.9 Å². The summed E-state index contributed by atoms with van der Waals surface area (Å²) in [7, 11) is 0. The predicted octanol–water partition coefficient (Wildman–Crippen LogP) is 11.7. The number of ketones is 5. The number of carbonyl (C=O) groups is 5. The van der Waals surface area contributed by atoms with Crippen LogP contribution < -0.4 is 0 Å². The maximum Gasteiger partial charge on any atom is 0.155 e. The number of rotatable bonds is 3. The van der Waals surface area contributed by atoms with Crippen LogP contribution in [0.5, 0.6) is 0 Å². The van der Waals surface area contributed by atoms with E-state index in [0.29, 0.717) is 67.0 Å². The van der Waals surface area contributed by atoms with E-state index in [0.717, 1.165) is 96.3 Å². The highest BCUT2D eigenvalue weighted by atomic mass is 16.3. The molecule has 20 atom stereocenters. The van der Waals surface area contributed by atoms with Gasteiger partial charge in [0.1, 0.15) is 11.6 Å². The Balaban J connectivity index is 0.000000127. The molecule has 12 aliphatic carbocycles. The summed E-state index contributed by atoms with van der Waals surface area (Å²) in [6.07, 6.45) is 24.3. The van der Waals surface area contributed by atoms with Crippen LogP contribution in [0.1, 0.15) is 211 Å². The smallest absolute Gasteiger partial charge is 0.155 e. The quantitative estimate of drug-likeness (QED) is 0.215. The molecule has 0 aromatic carbocycles. The normalized spacial score (nSPS) is 49.1. The van der Waals surface area contributed by atoms with Gasteiger partial charge in [-0.1, -0.05) is 58.3 Å². The second-order valence-electron chi connectivity index (χ2n) is 30.1. The van der Waals surface area contributed by atoms with E-state index in [4.69, 9.17) is 0 Å². The Morgan fingerprint density at radius 1 is 0.500 bits per heavy atom. The van der Waals surface area contributed by atoms with Gasteiger partial charge in [-0.15, -0.1) is 0 Å². The van der Waals surface area contributed by atoms with E-state index in [2.05, 4.69) is 41.5 Å². The van der Waals surface area contributed by atoms with Crippen LogP contribution >= 0.6 is 0 Å². The van der Waals surface area contributed by atoms with Gasteiger partial charge in [-0.05, 0) is 254 Å².